The van der Waals surface area contributed by atoms with Gasteiger partial charge in [0.15, 0.2) is 0 Å². The molecule has 0 bridgehead atoms. The third-order valence-electron chi connectivity index (χ3n) is 2.52. The van der Waals surface area contributed by atoms with Crippen molar-refractivity contribution in [3.05, 3.63) is 0 Å². The Kier molecular flexibility index (Phi) is 6.77. The maximum atomic E-state index is 10.6. The van der Waals surface area contributed by atoms with Gasteiger partial charge >= 0.3 is 0 Å². The van der Waals surface area contributed by atoms with E-state index in [2.05, 4.69) is 5.32 Å². The fourth-order valence-electron chi connectivity index (χ4n) is 1.57. The van der Waals surface area contributed by atoms with Gasteiger partial charge < -0.3 is 25.7 Å². The number of hydrogen-bond donors (Lipinski definition) is 5. The normalized spacial score (nSPS) is 18.9. The second-order valence-corrected chi connectivity index (χ2v) is 5.82. The van der Waals surface area contributed by atoms with E-state index in [1.54, 1.807) is 0 Å². The first kappa shape index (κ1) is 17.3. The molecule has 0 rings (SSSR count). The van der Waals surface area contributed by atoms with E-state index in [9.17, 15) is 25.2 Å². The maximum Gasteiger partial charge on any atom is 0.216 e. The molecular weight excluding hydrogens is 238 g/mol. The molecule has 0 unspecified atom stereocenters. The molecule has 5 N–H and O–H groups in total. The van der Waals surface area contributed by atoms with Crippen LogP contribution >= 0.6 is 0 Å². The summed E-state index contributed by atoms with van der Waals surface area (Å²) in [6.07, 6.45) is -5.12. The predicted octanol–water partition coefficient (Wildman–Crippen LogP) is -0.998. The Morgan fingerprint density at radius 1 is 1.06 bits per heavy atom. The van der Waals surface area contributed by atoms with Crippen molar-refractivity contribution < 1.29 is 25.2 Å². The Labute approximate surface area is 108 Å². The number of hydrogen-bond acceptors (Lipinski definition) is 5. The van der Waals surface area contributed by atoms with Crippen LogP contribution in [0.25, 0.3) is 0 Å². The Morgan fingerprint density at radius 2 is 1.50 bits per heavy atom. The molecule has 18 heavy (non-hydrogen) atoms. The molecule has 0 saturated heterocycles. The molecule has 0 fully saturated rings. The largest absolute Gasteiger partial charge is 0.390 e. The highest BCUT2D eigenvalue weighted by atomic mass is 16.4. The molecule has 4 atom stereocenters. The third-order valence-corrected chi connectivity index (χ3v) is 2.52. The minimum atomic E-state index is -1.51. The van der Waals surface area contributed by atoms with Crippen LogP contribution in [-0.2, 0) is 4.79 Å². The van der Waals surface area contributed by atoms with Gasteiger partial charge in [0.1, 0.15) is 12.2 Å². The van der Waals surface area contributed by atoms with Gasteiger partial charge in [-0.05, 0) is 11.8 Å². The van der Waals surface area contributed by atoms with Crippen LogP contribution in [0.3, 0.4) is 0 Å². The zero-order valence-electron chi connectivity index (χ0n) is 11.4. The summed E-state index contributed by atoms with van der Waals surface area (Å²) in [5, 5.41) is 41.0. The van der Waals surface area contributed by atoms with Gasteiger partial charge in [0, 0.05) is 13.5 Å². The lowest BCUT2D eigenvalue weighted by Gasteiger charge is -2.30. The van der Waals surface area contributed by atoms with Crippen molar-refractivity contribution in [3.63, 3.8) is 0 Å². The number of carbonyl (C=O) groups excluding carboxylic acids is 1. The number of aliphatic hydroxyl groups excluding tert-OH is 4. The minimum Gasteiger partial charge on any atom is -0.390 e. The zero-order chi connectivity index (χ0) is 14.5. The highest BCUT2D eigenvalue weighted by Gasteiger charge is 2.32. The molecule has 0 radical (unpaired) electrons. The number of carbonyl (C=O) groups is 1. The molecule has 0 aliphatic heterocycles. The molecule has 0 saturated carbocycles. The van der Waals surface area contributed by atoms with E-state index in [1.165, 1.54) is 6.92 Å². The quantitative estimate of drug-likeness (QED) is 0.422. The highest BCUT2D eigenvalue weighted by Crippen LogP contribution is 2.23. The molecular formula is C12H25NO5. The second-order valence-electron chi connectivity index (χ2n) is 5.82. The van der Waals surface area contributed by atoms with Gasteiger partial charge in [0.25, 0.3) is 0 Å². The summed E-state index contributed by atoms with van der Waals surface area (Å²) >= 11 is 0. The van der Waals surface area contributed by atoms with E-state index in [-0.39, 0.29) is 24.3 Å². The molecule has 0 aromatic carbocycles. The van der Waals surface area contributed by atoms with Gasteiger partial charge in [0.05, 0.1) is 12.2 Å². The van der Waals surface area contributed by atoms with Crippen molar-refractivity contribution in [1.82, 2.24) is 5.32 Å². The van der Waals surface area contributed by atoms with Crippen LogP contribution in [0.15, 0.2) is 0 Å². The van der Waals surface area contributed by atoms with Crippen molar-refractivity contribution in [2.45, 2.75) is 58.5 Å². The van der Waals surface area contributed by atoms with Crippen LogP contribution in [0.2, 0.25) is 0 Å². The van der Waals surface area contributed by atoms with Crippen LogP contribution in [0.4, 0.5) is 0 Å². The molecule has 0 aromatic heterocycles. The van der Waals surface area contributed by atoms with Crippen LogP contribution in [0.1, 0.15) is 34.1 Å². The van der Waals surface area contributed by atoms with Gasteiger partial charge in [-0.1, -0.05) is 20.8 Å². The minimum absolute atomic E-state index is 0.171. The van der Waals surface area contributed by atoms with E-state index in [4.69, 9.17) is 0 Å². The maximum absolute atomic E-state index is 10.6. The number of amides is 1. The number of nitrogens with one attached hydrogen (secondary N) is 1. The topological polar surface area (TPSA) is 110 Å². The zero-order valence-corrected chi connectivity index (χ0v) is 11.4. The number of rotatable bonds is 6. The average molecular weight is 263 g/mol. The molecule has 0 aliphatic carbocycles. The standard InChI is InChI=1S/C12H25NO5/c1-7(14)13-6-9(16)11(18)10(17)8(15)5-12(2,3)4/h8-11,15-18H,5-6H2,1-4H3,(H,13,14)/t8-,9+,10+,11+/m0/s1. The number of aliphatic hydroxyl groups is 4. The molecule has 1 amide bonds. The van der Waals surface area contributed by atoms with E-state index in [0.29, 0.717) is 0 Å². The fourth-order valence-corrected chi connectivity index (χ4v) is 1.57. The lowest BCUT2D eigenvalue weighted by Crippen LogP contribution is -2.49. The molecule has 0 aromatic rings. The Morgan fingerprint density at radius 3 is 1.89 bits per heavy atom. The lowest BCUT2D eigenvalue weighted by atomic mass is 9.86. The van der Waals surface area contributed by atoms with Crippen molar-refractivity contribution in [2.75, 3.05) is 6.54 Å². The summed E-state index contributed by atoms with van der Waals surface area (Å²) in [5.41, 5.74) is -0.206. The van der Waals surface area contributed by atoms with Gasteiger partial charge in [0.2, 0.25) is 5.91 Å². The van der Waals surface area contributed by atoms with Crippen molar-refractivity contribution in [3.8, 4) is 0 Å². The van der Waals surface area contributed by atoms with Crippen molar-refractivity contribution in [2.24, 2.45) is 5.41 Å². The predicted molar refractivity (Wildman–Crippen MR) is 66.8 cm³/mol. The Hall–Kier alpha value is -0.690. The van der Waals surface area contributed by atoms with Crippen molar-refractivity contribution in [1.29, 1.82) is 0 Å². The molecule has 6 nitrogen and oxygen atoms in total. The van der Waals surface area contributed by atoms with Crippen LogP contribution in [0, 0.1) is 5.41 Å². The van der Waals surface area contributed by atoms with Gasteiger partial charge in [-0.25, -0.2) is 0 Å². The van der Waals surface area contributed by atoms with Crippen LogP contribution in [-0.4, -0.2) is 57.3 Å². The molecule has 108 valence electrons. The summed E-state index contributed by atoms with van der Waals surface area (Å²) in [4.78, 5) is 10.6. The van der Waals surface area contributed by atoms with Crippen molar-refractivity contribution >= 4 is 5.91 Å². The summed E-state index contributed by atoms with van der Waals surface area (Å²) in [6.45, 7) is 6.79. The molecule has 6 heteroatoms. The first-order chi connectivity index (χ1) is 8.04. The van der Waals surface area contributed by atoms with E-state index < -0.39 is 24.4 Å². The summed E-state index contributed by atoms with van der Waals surface area (Å²) < 4.78 is 0. The SMILES string of the molecule is CC(=O)NC[C@@H](O)[C@@H](O)[C@H](O)[C@@H](O)CC(C)(C)C. The fraction of sp³-hybridized carbons (Fsp3) is 0.917. The summed E-state index contributed by atoms with van der Waals surface area (Å²) in [7, 11) is 0. The Balaban J connectivity index is 4.30. The van der Waals surface area contributed by atoms with Crippen LogP contribution < -0.4 is 5.32 Å². The van der Waals surface area contributed by atoms with Gasteiger partial charge in [-0.3, -0.25) is 4.79 Å². The summed E-state index contributed by atoms with van der Waals surface area (Å²) in [5.74, 6) is -0.342. The van der Waals surface area contributed by atoms with Crippen LogP contribution in [0.5, 0.6) is 0 Å². The van der Waals surface area contributed by atoms with E-state index in [0.717, 1.165) is 0 Å². The monoisotopic (exact) mass is 263 g/mol. The first-order valence-electron chi connectivity index (χ1n) is 6.01. The molecule has 0 heterocycles. The van der Waals surface area contributed by atoms with E-state index in [1.807, 2.05) is 20.8 Å². The lowest BCUT2D eigenvalue weighted by molar-refractivity contribution is -0.123. The third kappa shape index (κ3) is 6.90. The van der Waals surface area contributed by atoms with Gasteiger partial charge in [-0.15, -0.1) is 0 Å². The molecule has 0 aliphatic rings. The van der Waals surface area contributed by atoms with Gasteiger partial charge in [-0.2, -0.15) is 0 Å². The van der Waals surface area contributed by atoms with E-state index >= 15 is 0 Å². The average Bonchev–Trinajstić information content (AvgIpc) is 2.21. The first-order valence-corrected chi connectivity index (χ1v) is 6.01. The molecule has 0 spiro atoms. The smallest absolute Gasteiger partial charge is 0.216 e. The Bertz CT molecular complexity index is 264. The second kappa shape index (κ2) is 7.04. The summed E-state index contributed by atoms with van der Waals surface area (Å²) in [6, 6.07) is 0. The highest BCUT2D eigenvalue weighted by molar-refractivity contribution is 5.72.